The second-order valence-electron chi connectivity index (χ2n) is 4.12. The van der Waals surface area contributed by atoms with E-state index < -0.39 is 4.92 Å². The molecule has 0 unspecified atom stereocenters. The van der Waals surface area contributed by atoms with Gasteiger partial charge < -0.3 is 4.74 Å². The van der Waals surface area contributed by atoms with Crippen LogP contribution in [0.1, 0.15) is 15.9 Å². The minimum Gasteiger partial charge on any atom is -0.457 e. The Labute approximate surface area is 119 Å². The first kappa shape index (κ1) is 14.0. The number of carbonyl (C=O) groups is 1. The molecule has 20 heavy (non-hydrogen) atoms. The Morgan fingerprint density at radius 2 is 2.00 bits per heavy atom. The molecule has 2 aromatic carbocycles. The highest BCUT2D eigenvalue weighted by Crippen LogP contribution is 2.32. The molecule has 0 aliphatic rings. The smallest absolute Gasteiger partial charge is 0.288 e. The fraction of sp³-hybridized carbons (Fsp3) is 0.0714. The molecular formula is C14H10ClNO4. The number of hydrogen-bond donors (Lipinski definition) is 0. The number of carbonyl (C=O) groups excluding carboxylic acids is 1. The van der Waals surface area contributed by atoms with Gasteiger partial charge in [0.05, 0.1) is 4.92 Å². The van der Waals surface area contributed by atoms with Crippen molar-refractivity contribution in [1.82, 2.24) is 0 Å². The minimum atomic E-state index is -0.559. The van der Waals surface area contributed by atoms with Gasteiger partial charge in [0.1, 0.15) is 22.8 Å². The van der Waals surface area contributed by atoms with Crippen LogP contribution in [0.2, 0.25) is 5.02 Å². The average molecular weight is 292 g/mol. The minimum absolute atomic E-state index is 0.00895. The lowest BCUT2D eigenvalue weighted by molar-refractivity contribution is -0.384. The van der Waals surface area contributed by atoms with E-state index in [4.69, 9.17) is 16.3 Å². The van der Waals surface area contributed by atoms with Gasteiger partial charge in [-0.05, 0) is 36.8 Å². The Kier molecular flexibility index (Phi) is 4.00. The number of rotatable bonds is 4. The molecule has 0 aliphatic heterocycles. The second kappa shape index (κ2) is 5.71. The molecular weight excluding hydrogens is 282 g/mol. The van der Waals surface area contributed by atoms with Crippen LogP contribution in [0.4, 0.5) is 5.69 Å². The SMILES string of the molecule is Cc1cc(C=O)ccc1Oc1ccc([N+](=O)[O-])c(Cl)c1. The normalized spacial score (nSPS) is 10.1. The van der Waals surface area contributed by atoms with Crippen molar-refractivity contribution < 1.29 is 14.5 Å². The van der Waals surface area contributed by atoms with Crippen LogP contribution in [0.25, 0.3) is 0 Å². The highest BCUT2D eigenvalue weighted by molar-refractivity contribution is 6.32. The molecule has 5 nitrogen and oxygen atoms in total. The van der Waals surface area contributed by atoms with Gasteiger partial charge >= 0.3 is 0 Å². The number of aldehydes is 1. The lowest BCUT2D eigenvalue weighted by Crippen LogP contribution is -1.92. The number of nitro benzene ring substituents is 1. The third kappa shape index (κ3) is 2.95. The molecule has 0 saturated carbocycles. The zero-order chi connectivity index (χ0) is 14.7. The van der Waals surface area contributed by atoms with E-state index in [1.165, 1.54) is 18.2 Å². The maximum absolute atomic E-state index is 10.7. The van der Waals surface area contributed by atoms with Crippen LogP contribution in [0.5, 0.6) is 11.5 Å². The zero-order valence-corrected chi connectivity index (χ0v) is 11.3. The van der Waals surface area contributed by atoms with Gasteiger partial charge in [-0.15, -0.1) is 0 Å². The summed E-state index contributed by atoms with van der Waals surface area (Å²) in [6.45, 7) is 1.80. The summed E-state index contributed by atoms with van der Waals surface area (Å²) in [6, 6.07) is 9.11. The number of halogens is 1. The fourth-order valence-electron chi connectivity index (χ4n) is 1.69. The van der Waals surface area contributed by atoms with Crippen molar-refractivity contribution >= 4 is 23.6 Å². The van der Waals surface area contributed by atoms with E-state index in [0.717, 1.165) is 11.8 Å². The fourth-order valence-corrected chi connectivity index (χ4v) is 1.93. The topological polar surface area (TPSA) is 69.4 Å². The molecule has 0 aliphatic carbocycles. The highest BCUT2D eigenvalue weighted by atomic mass is 35.5. The molecule has 0 N–H and O–H groups in total. The van der Waals surface area contributed by atoms with E-state index in [9.17, 15) is 14.9 Å². The molecule has 0 amide bonds. The van der Waals surface area contributed by atoms with Crippen molar-refractivity contribution in [2.24, 2.45) is 0 Å². The van der Waals surface area contributed by atoms with Crippen LogP contribution in [-0.4, -0.2) is 11.2 Å². The number of aryl methyl sites for hydroxylation is 1. The van der Waals surface area contributed by atoms with Crippen molar-refractivity contribution in [3.63, 3.8) is 0 Å². The van der Waals surface area contributed by atoms with E-state index in [0.29, 0.717) is 17.1 Å². The molecule has 0 radical (unpaired) electrons. The number of nitro groups is 1. The van der Waals surface area contributed by atoms with Gasteiger partial charge in [-0.2, -0.15) is 0 Å². The zero-order valence-electron chi connectivity index (χ0n) is 10.5. The Bertz CT molecular complexity index is 685. The molecule has 6 heteroatoms. The molecule has 2 rings (SSSR count). The summed E-state index contributed by atoms with van der Waals surface area (Å²) in [5.74, 6) is 0.947. The molecule has 0 aromatic heterocycles. The second-order valence-corrected chi connectivity index (χ2v) is 4.52. The first-order valence-electron chi connectivity index (χ1n) is 5.69. The maximum atomic E-state index is 10.7. The summed E-state index contributed by atoms with van der Waals surface area (Å²) in [7, 11) is 0. The highest BCUT2D eigenvalue weighted by Gasteiger charge is 2.13. The summed E-state index contributed by atoms with van der Waals surface area (Å²) in [4.78, 5) is 20.8. The Morgan fingerprint density at radius 3 is 2.55 bits per heavy atom. The van der Waals surface area contributed by atoms with Crippen molar-refractivity contribution in [3.8, 4) is 11.5 Å². The third-order valence-electron chi connectivity index (χ3n) is 2.68. The number of benzene rings is 2. The van der Waals surface area contributed by atoms with Crippen molar-refractivity contribution in [3.05, 3.63) is 62.7 Å². The van der Waals surface area contributed by atoms with Gasteiger partial charge in [-0.3, -0.25) is 14.9 Å². The number of hydrogen-bond acceptors (Lipinski definition) is 4. The molecule has 0 heterocycles. The third-order valence-corrected chi connectivity index (χ3v) is 2.98. The van der Waals surface area contributed by atoms with E-state index in [2.05, 4.69) is 0 Å². The lowest BCUT2D eigenvalue weighted by atomic mass is 10.1. The molecule has 0 atom stereocenters. The predicted octanol–water partition coefficient (Wildman–Crippen LogP) is 4.16. The molecule has 0 fully saturated rings. The maximum Gasteiger partial charge on any atom is 0.288 e. The van der Waals surface area contributed by atoms with Gasteiger partial charge in [-0.1, -0.05) is 11.6 Å². The van der Waals surface area contributed by atoms with Crippen molar-refractivity contribution in [1.29, 1.82) is 0 Å². The van der Waals surface area contributed by atoms with E-state index in [-0.39, 0.29) is 10.7 Å². The van der Waals surface area contributed by atoms with Crippen LogP contribution >= 0.6 is 11.6 Å². The van der Waals surface area contributed by atoms with E-state index >= 15 is 0 Å². The lowest BCUT2D eigenvalue weighted by Gasteiger charge is -2.09. The molecule has 2 aromatic rings. The van der Waals surface area contributed by atoms with E-state index in [1.807, 2.05) is 0 Å². The van der Waals surface area contributed by atoms with E-state index in [1.54, 1.807) is 25.1 Å². The molecule has 102 valence electrons. The largest absolute Gasteiger partial charge is 0.457 e. The van der Waals surface area contributed by atoms with Crippen LogP contribution < -0.4 is 4.74 Å². The molecule has 0 spiro atoms. The standard InChI is InChI=1S/C14H10ClNO4/c1-9-6-10(8-17)2-5-14(9)20-11-3-4-13(16(18)19)12(15)7-11/h2-8H,1H3. The van der Waals surface area contributed by atoms with Gasteiger partial charge in [0.25, 0.3) is 5.69 Å². The first-order valence-corrected chi connectivity index (χ1v) is 6.06. The monoisotopic (exact) mass is 291 g/mol. The molecule has 0 bridgehead atoms. The Balaban J connectivity index is 2.28. The van der Waals surface area contributed by atoms with Crippen LogP contribution in [0.15, 0.2) is 36.4 Å². The van der Waals surface area contributed by atoms with Gasteiger partial charge in [0.2, 0.25) is 0 Å². The van der Waals surface area contributed by atoms with Crippen LogP contribution in [0, 0.1) is 17.0 Å². The van der Waals surface area contributed by atoms with Gasteiger partial charge in [0.15, 0.2) is 0 Å². The van der Waals surface area contributed by atoms with Crippen molar-refractivity contribution in [2.75, 3.05) is 0 Å². The van der Waals surface area contributed by atoms with Gasteiger partial charge in [-0.25, -0.2) is 0 Å². The van der Waals surface area contributed by atoms with Gasteiger partial charge in [0, 0.05) is 17.7 Å². The van der Waals surface area contributed by atoms with Crippen LogP contribution in [0.3, 0.4) is 0 Å². The number of nitrogens with zero attached hydrogens (tertiary/aromatic N) is 1. The summed E-state index contributed by atoms with van der Waals surface area (Å²) >= 11 is 5.81. The average Bonchev–Trinajstić information content (AvgIpc) is 2.40. The molecule has 0 saturated heterocycles. The summed E-state index contributed by atoms with van der Waals surface area (Å²) in [5.41, 5.74) is 1.16. The predicted molar refractivity (Wildman–Crippen MR) is 74.7 cm³/mol. The Hall–Kier alpha value is -2.40. The van der Waals surface area contributed by atoms with Crippen molar-refractivity contribution in [2.45, 2.75) is 6.92 Å². The Morgan fingerprint density at radius 1 is 1.25 bits per heavy atom. The first-order chi connectivity index (χ1) is 9.51. The summed E-state index contributed by atoms with van der Waals surface area (Å²) in [6.07, 6.45) is 0.750. The quantitative estimate of drug-likeness (QED) is 0.482. The summed E-state index contributed by atoms with van der Waals surface area (Å²) < 4.78 is 5.60. The van der Waals surface area contributed by atoms with Crippen LogP contribution in [-0.2, 0) is 0 Å². The summed E-state index contributed by atoms with van der Waals surface area (Å²) in [5, 5.41) is 10.7. The number of ether oxygens (including phenoxy) is 1.